The average molecular weight is 276 g/mol. The summed E-state index contributed by atoms with van der Waals surface area (Å²) in [6.45, 7) is 2.87. The molecule has 1 N–H and O–H groups in total. The van der Waals surface area contributed by atoms with E-state index < -0.39 is 0 Å². The molecule has 0 spiro atoms. The average Bonchev–Trinajstić information content (AvgIpc) is 2.46. The van der Waals surface area contributed by atoms with E-state index >= 15 is 0 Å². The van der Waals surface area contributed by atoms with Crippen molar-refractivity contribution in [3.8, 4) is 0 Å². The lowest BCUT2D eigenvalue weighted by Gasteiger charge is -2.32. The number of likely N-dealkylation sites (tertiary alicyclic amines) is 1. The van der Waals surface area contributed by atoms with Gasteiger partial charge in [-0.1, -0.05) is 6.42 Å². The number of aromatic nitrogens is 2. The lowest BCUT2D eigenvalue weighted by atomic mass is 10.0. The Morgan fingerprint density at radius 3 is 3.15 bits per heavy atom. The minimum Gasteiger partial charge on any atom is -0.383 e. The third-order valence-electron chi connectivity index (χ3n) is 4.58. The first-order chi connectivity index (χ1) is 9.74. The predicted molar refractivity (Wildman–Crippen MR) is 80.2 cm³/mol. The van der Waals surface area contributed by atoms with Crippen LogP contribution in [-0.2, 0) is 13.0 Å². The first-order valence-corrected chi connectivity index (χ1v) is 7.79. The number of anilines is 1. The van der Waals surface area contributed by atoms with E-state index in [0.29, 0.717) is 6.04 Å². The van der Waals surface area contributed by atoms with Crippen molar-refractivity contribution >= 4 is 5.69 Å². The van der Waals surface area contributed by atoms with Gasteiger partial charge in [0.2, 0.25) is 0 Å². The van der Waals surface area contributed by atoms with Gasteiger partial charge in [-0.3, -0.25) is 4.79 Å². The second-order valence-corrected chi connectivity index (χ2v) is 6.02. The third kappa shape index (κ3) is 2.87. The molecule has 3 heterocycles. The molecule has 0 amide bonds. The smallest absolute Gasteiger partial charge is 0.268 e. The molecular formula is C15H24N4O. The van der Waals surface area contributed by atoms with Crippen LogP contribution in [0.15, 0.2) is 10.9 Å². The molecule has 5 nitrogen and oxygen atoms in total. The van der Waals surface area contributed by atoms with Gasteiger partial charge in [0.05, 0.1) is 11.4 Å². The summed E-state index contributed by atoms with van der Waals surface area (Å²) in [5, 5.41) is 7.80. The van der Waals surface area contributed by atoms with Crippen LogP contribution in [0.4, 0.5) is 5.69 Å². The van der Waals surface area contributed by atoms with Crippen LogP contribution in [0.3, 0.4) is 0 Å². The predicted octanol–water partition coefficient (Wildman–Crippen LogP) is 1.48. The molecule has 0 saturated carbocycles. The third-order valence-corrected chi connectivity index (χ3v) is 4.58. The van der Waals surface area contributed by atoms with Crippen LogP contribution in [0, 0.1) is 0 Å². The number of aryl methyl sites for hydroxylation is 2. The normalized spacial score (nSPS) is 23.1. The van der Waals surface area contributed by atoms with Crippen molar-refractivity contribution in [1.29, 1.82) is 0 Å². The van der Waals surface area contributed by atoms with Crippen LogP contribution in [0.5, 0.6) is 0 Å². The number of nitrogens with one attached hydrogen (secondary N) is 1. The molecule has 0 bridgehead atoms. The van der Waals surface area contributed by atoms with Gasteiger partial charge in [-0.25, -0.2) is 4.68 Å². The molecule has 5 heteroatoms. The Kier molecular flexibility index (Phi) is 4.05. The van der Waals surface area contributed by atoms with Crippen LogP contribution < -0.4 is 10.9 Å². The zero-order chi connectivity index (χ0) is 13.9. The molecule has 1 saturated heterocycles. The van der Waals surface area contributed by atoms with Crippen LogP contribution in [0.2, 0.25) is 0 Å². The highest BCUT2D eigenvalue weighted by Gasteiger charge is 2.19. The second-order valence-electron chi connectivity index (χ2n) is 6.02. The molecule has 3 rings (SSSR count). The van der Waals surface area contributed by atoms with Crippen molar-refractivity contribution in [3.63, 3.8) is 0 Å². The van der Waals surface area contributed by atoms with Crippen LogP contribution in [0.25, 0.3) is 0 Å². The molecule has 110 valence electrons. The van der Waals surface area contributed by atoms with Gasteiger partial charge in [0.1, 0.15) is 0 Å². The zero-order valence-electron chi connectivity index (χ0n) is 12.3. The molecule has 0 aliphatic carbocycles. The van der Waals surface area contributed by atoms with Gasteiger partial charge in [0.15, 0.2) is 0 Å². The molecule has 1 aromatic heterocycles. The summed E-state index contributed by atoms with van der Waals surface area (Å²) < 4.78 is 1.66. The monoisotopic (exact) mass is 276 g/mol. The number of fused-ring (bicyclic) bond motifs is 1. The highest BCUT2D eigenvalue weighted by atomic mass is 16.1. The molecule has 20 heavy (non-hydrogen) atoms. The standard InChI is InChI=1S/C15H24N4O/c1-18-9-3-2-5-12(18)7-10-19-15(20)11-14-13(17-19)6-4-8-16-14/h11-12,16H,2-10H2,1H3. The maximum atomic E-state index is 12.1. The van der Waals surface area contributed by atoms with Crippen molar-refractivity contribution < 1.29 is 0 Å². The molecule has 2 aliphatic heterocycles. The summed E-state index contributed by atoms with van der Waals surface area (Å²) in [7, 11) is 2.19. The Morgan fingerprint density at radius 1 is 1.40 bits per heavy atom. The van der Waals surface area contributed by atoms with Gasteiger partial charge in [0.25, 0.3) is 5.56 Å². The molecule has 0 aromatic carbocycles. The molecule has 1 aromatic rings. The van der Waals surface area contributed by atoms with Crippen molar-refractivity contribution in [2.24, 2.45) is 0 Å². The largest absolute Gasteiger partial charge is 0.383 e. The van der Waals surface area contributed by atoms with Gasteiger partial charge in [-0.05, 0) is 45.7 Å². The van der Waals surface area contributed by atoms with Gasteiger partial charge in [0, 0.05) is 25.2 Å². The van der Waals surface area contributed by atoms with Crippen molar-refractivity contribution in [2.75, 3.05) is 25.5 Å². The Balaban J connectivity index is 1.69. The fourth-order valence-corrected chi connectivity index (χ4v) is 3.29. The fraction of sp³-hybridized carbons (Fsp3) is 0.733. The van der Waals surface area contributed by atoms with Crippen LogP contribution >= 0.6 is 0 Å². The van der Waals surface area contributed by atoms with Crippen LogP contribution in [-0.4, -0.2) is 40.9 Å². The maximum absolute atomic E-state index is 12.1. The maximum Gasteiger partial charge on any atom is 0.268 e. The Hall–Kier alpha value is -1.36. The van der Waals surface area contributed by atoms with E-state index in [2.05, 4.69) is 22.4 Å². The summed E-state index contributed by atoms with van der Waals surface area (Å²) in [6, 6.07) is 2.32. The number of piperidine rings is 1. The van der Waals surface area contributed by atoms with E-state index in [9.17, 15) is 4.79 Å². The van der Waals surface area contributed by atoms with E-state index in [0.717, 1.165) is 43.7 Å². The quantitative estimate of drug-likeness (QED) is 0.908. The van der Waals surface area contributed by atoms with Gasteiger partial charge < -0.3 is 10.2 Å². The highest BCUT2D eigenvalue weighted by Crippen LogP contribution is 2.19. The lowest BCUT2D eigenvalue weighted by molar-refractivity contribution is 0.169. The molecule has 0 radical (unpaired) electrons. The summed E-state index contributed by atoms with van der Waals surface area (Å²) in [5.41, 5.74) is 2.01. The summed E-state index contributed by atoms with van der Waals surface area (Å²) in [6.07, 6.45) is 6.96. The number of hydrogen-bond acceptors (Lipinski definition) is 4. The topological polar surface area (TPSA) is 50.2 Å². The number of rotatable bonds is 3. The Morgan fingerprint density at radius 2 is 2.30 bits per heavy atom. The minimum atomic E-state index is 0.0246. The molecule has 1 unspecified atom stereocenters. The van der Waals surface area contributed by atoms with Crippen molar-refractivity contribution in [3.05, 3.63) is 22.1 Å². The van der Waals surface area contributed by atoms with Crippen molar-refractivity contribution in [1.82, 2.24) is 14.7 Å². The summed E-state index contributed by atoms with van der Waals surface area (Å²) in [5.74, 6) is 0. The lowest BCUT2D eigenvalue weighted by Crippen LogP contribution is -2.38. The molecule has 1 atom stereocenters. The summed E-state index contributed by atoms with van der Waals surface area (Å²) >= 11 is 0. The van der Waals surface area contributed by atoms with Gasteiger partial charge >= 0.3 is 0 Å². The Bertz CT molecular complexity index is 525. The van der Waals surface area contributed by atoms with Gasteiger partial charge in [-0.2, -0.15) is 5.10 Å². The van der Waals surface area contributed by atoms with Crippen LogP contribution in [0.1, 0.15) is 37.8 Å². The molecule has 1 fully saturated rings. The van der Waals surface area contributed by atoms with E-state index in [-0.39, 0.29) is 5.56 Å². The van der Waals surface area contributed by atoms with E-state index in [1.165, 1.54) is 25.8 Å². The van der Waals surface area contributed by atoms with E-state index in [1.54, 1.807) is 10.7 Å². The minimum absolute atomic E-state index is 0.0246. The SMILES string of the molecule is CN1CCCCC1CCn1nc2c(cc1=O)NCCC2. The molecule has 2 aliphatic rings. The number of hydrogen-bond donors (Lipinski definition) is 1. The second kappa shape index (κ2) is 5.95. The Labute approximate surface area is 120 Å². The highest BCUT2D eigenvalue weighted by molar-refractivity contribution is 5.48. The zero-order valence-corrected chi connectivity index (χ0v) is 12.3. The first-order valence-electron chi connectivity index (χ1n) is 7.79. The number of nitrogens with zero attached hydrogens (tertiary/aromatic N) is 3. The van der Waals surface area contributed by atoms with E-state index in [4.69, 9.17) is 0 Å². The summed E-state index contributed by atoms with van der Waals surface area (Å²) in [4.78, 5) is 14.5. The fourth-order valence-electron chi connectivity index (χ4n) is 3.29. The van der Waals surface area contributed by atoms with Crippen molar-refractivity contribution in [2.45, 2.75) is 51.1 Å². The van der Waals surface area contributed by atoms with E-state index in [1.807, 2.05) is 0 Å². The first kappa shape index (κ1) is 13.6. The van der Waals surface area contributed by atoms with Gasteiger partial charge in [-0.15, -0.1) is 0 Å². The molecular weight excluding hydrogens is 252 g/mol.